The maximum Gasteiger partial charge on any atom is 0.339 e. The third kappa shape index (κ3) is 4.23. The molecule has 120 valence electrons. The van der Waals surface area contributed by atoms with Crippen molar-refractivity contribution in [2.45, 2.75) is 20.0 Å². The van der Waals surface area contributed by atoms with Gasteiger partial charge in [0.25, 0.3) is 5.91 Å². The Bertz CT molecular complexity index is 744. The van der Waals surface area contributed by atoms with Crippen LogP contribution in [0.4, 0.5) is 11.4 Å². The Kier molecular flexibility index (Phi) is 5.24. The number of esters is 1. The maximum absolute atomic E-state index is 12.2. The van der Waals surface area contributed by atoms with Crippen molar-refractivity contribution in [1.29, 1.82) is 0 Å². The van der Waals surface area contributed by atoms with Crippen LogP contribution in [0.2, 0.25) is 5.02 Å². The number of carbonyl (C=O) groups is 2. The summed E-state index contributed by atoms with van der Waals surface area (Å²) in [7, 11) is 0. The van der Waals surface area contributed by atoms with E-state index in [9.17, 15) is 9.59 Å². The number of carbonyl (C=O) groups excluding carboxylic acids is 2. The molecule has 0 unspecified atom stereocenters. The van der Waals surface area contributed by atoms with E-state index in [4.69, 9.17) is 22.1 Å². The Hall–Kier alpha value is -2.53. The first-order valence-corrected chi connectivity index (χ1v) is 7.42. The Labute approximate surface area is 139 Å². The summed E-state index contributed by atoms with van der Waals surface area (Å²) in [6.07, 6.45) is -0.263. The summed E-state index contributed by atoms with van der Waals surface area (Å²) in [6.45, 7) is 3.49. The second-order valence-electron chi connectivity index (χ2n) is 5.19. The van der Waals surface area contributed by atoms with Crippen LogP contribution in [0.1, 0.15) is 34.6 Å². The molecule has 0 aliphatic heterocycles. The van der Waals surface area contributed by atoms with E-state index < -0.39 is 5.97 Å². The fourth-order valence-corrected chi connectivity index (χ4v) is 2.13. The van der Waals surface area contributed by atoms with Gasteiger partial charge in [0.1, 0.15) is 0 Å². The van der Waals surface area contributed by atoms with Gasteiger partial charge < -0.3 is 15.8 Å². The highest BCUT2D eigenvalue weighted by atomic mass is 35.5. The molecule has 5 nitrogen and oxygen atoms in total. The molecule has 2 aromatic rings. The highest BCUT2D eigenvalue weighted by molar-refractivity contribution is 6.33. The van der Waals surface area contributed by atoms with Crippen LogP contribution in [0.5, 0.6) is 0 Å². The molecular weight excluding hydrogens is 316 g/mol. The zero-order valence-corrected chi connectivity index (χ0v) is 13.6. The number of anilines is 2. The predicted octanol–water partition coefficient (Wildman–Crippen LogP) is 3.74. The lowest BCUT2D eigenvalue weighted by molar-refractivity contribution is 0.0378. The number of amides is 1. The van der Waals surface area contributed by atoms with Crippen LogP contribution >= 0.6 is 11.6 Å². The normalized spacial score (nSPS) is 10.4. The van der Waals surface area contributed by atoms with Gasteiger partial charge in [-0.05, 0) is 44.2 Å². The smallest absolute Gasteiger partial charge is 0.339 e. The van der Waals surface area contributed by atoms with Crippen molar-refractivity contribution in [3.8, 4) is 0 Å². The molecule has 3 N–H and O–H groups in total. The summed E-state index contributed by atoms with van der Waals surface area (Å²) in [5.74, 6) is -0.908. The molecule has 0 aliphatic rings. The predicted molar refractivity (Wildman–Crippen MR) is 90.8 cm³/mol. The first-order valence-electron chi connectivity index (χ1n) is 7.05. The highest BCUT2D eigenvalue weighted by Crippen LogP contribution is 2.23. The molecule has 2 rings (SSSR count). The number of hydrogen-bond acceptors (Lipinski definition) is 4. The van der Waals surface area contributed by atoms with Gasteiger partial charge in [0, 0.05) is 11.4 Å². The van der Waals surface area contributed by atoms with Crippen molar-refractivity contribution in [2.75, 3.05) is 11.1 Å². The Morgan fingerprint density at radius 1 is 1.13 bits per heavy atom. The van der Waals surface area contributed by atoms with Gasteiger partial charge in [-0.15, -0.1) is 0 Å². The molecule has 0 aromatic heterocycles. The van der Waals surface area contributed by atoms with Gasteiger partial charge in [-0.1, -0.05) is 23.7 Å². The molecule has 0 fully saturated rings. The summed E-state index contributed by atoms with van der Waals surface area (Å²) >= 11 is 6.02. The third-order valence-corrected chi connectivity index (χ3v) is 3.32. The number of ether oxygens (including phenoxy) is 1. The van der Waals surface area contributed by atoms with E-state index in [1.54, 1.807) is 44.2 Å². The average molecular weight is 333 g/mol. The zero-order valence-electron chi connectivity index (χ0n) is 12.8. The SMILES string of the molecule is CC(C)OC(=O)c1cc(NC(=O)c2ccccc2N)ccc1Cl. The molecule has 0 saturated heterocycles. The molecule has 0 bridgehead atoms. The summed E-state index contributed by atoms with van der Waals surface area (Å²) in [5.41, 5.74) is 7.13. The van der Waals surface area contributed by atoms with Crippen LogP contribution < -0.4 is 11.1 Å². The average Bonchev–Trinajstić information content (AvgIpc) is 2.48. The number of halogens is 1. The van der Waals surface area contributed by atoms with Crippen LogP contribution in [0.25, 0.3) is 0 Å². The molecule has 0 atom stereocenters. The minimum atomic E-state index is -0.541. The van der Waals surface area contributed by atoms with Gasteiger partial charge in [0.05, 0.1) is 22.3 Å². The van der Waals surface area contributed by atoms with Crippen molar-refractivity contribution in [3.63, 3.8) is 0 Å². The highest BCUT2D eigenvalue weighted by Gasteiger charge is 2.16. The molecule has 0 spiro atoms. The summed E-state index contributed by atoms with van der Waals surface area (Å²) in [4.78, 5) is 24.2. The lowest BCUT2D eigenvalue weighted by atomic mass is 10.1. The van der Waals surface area contributed by atoms with Gasteiger partial charge in [0.2, 0.25) is 0 Å². The van der Waals surface area contributed by atoms with E-state index in [0.717, 1.165) is 0 Å². The molecule has 0 aliphatic carbocycles. The molecule has 0 radical (unpaired) electrons. The quantitative estimate of drug-likeness (QED) is 0.660. The lowest BCUT2D eigenvalue weighted by Crippen LogP contribution is -2.15. The van der Waals surface area contributed by atoms with Crippen molar-refractivity contribution >= 4 is 34.9 Å². The molecule has 0 heterocycles. The summed E-state index contributed by atoms with van der Waals surface area (Å²) in [5, 5.41) is 2.95. The van der Waals surface area contributed by atoms with Crippen LogP contribution in [-0.2, 0) is 4.74 Å². The van der Waals surface area contributed by atoms with E-state index in [2.05, 4.69) is 5.32 Å². The van der Waals surface area contributed by atoms with E-state index in [-0.39, 0.29) is 22.6 Å². The van der Waals surface area contributed by atoms with E-state index >= 15 is 0 Å². The molecule has 1 amide bonds. The third-order valence-electron chi connectivity index (χ3n) is 2.99. The van der Waals surface area contributed by atoms with E-state index in [1.807, 2.05) is 0 Å². The number of rotatable bonds is 4. The van der Waals surface area contributed by atoms with Crippen LogP contribution in [-0.4, -0.2) is 18.0 Å². The van der Waals surface area contributed by atoms with Crippen molar-refractivity contribution < 1.29 is 14.3 Å². The van der Waals surface area contributed by atoms with Gasteiger partial charge >= 0.3 is 5.97 Å². The van der Waals surface area contributed by atoms with Crippen LogP contribution in [0.15, 0.2) is 42.5 Å². The van der Waals surface area contributed by atoms with Gasteiger partial charge in [0.15, 0.2) is 0 Å². The minimum Gasteiger partial charge on any atom is -0.459 e. The number of benzene rings is 2. The number of hydrogen-bond donors (Lipinski definition) is 2. The molecule has 2 aromatic carbocycles. The van der Waals surface area contributed by atoms with Crippen LogP contribution in [0, 0.1) is 0 Å². The maximum atomic E-state index is 12.2. The van der Waals surface area contributed by atoms with Gasteiger partial charge in [-0.25, -0.2) is 4.79 Å². The second-order valence-corrected chi connectivity index (χ2v) is 5.60. The molecule has 0 saturated carbocycles. The molecule has 6 heteroatoms. The molecule has 23 heavy (non-hydrogen) atoms. The lowest BCUT2D eigenvalue weighted by Gasteiger charge is -2.12. The zero-order chi connectivity index (χ0) is 17.0. The fraction of sp³-hybridized carbons (Fsp3) is 0.176. The number of nitrogens with two attached hydrogens (primary N) is 1. The van der Waals surface area contributed by atoms with E-state index in [0.29, 0.717) is 16.9 Å². The minimum absolute atomic E-state index is 0.194. The van der Waals surface area contributed by atoms with Crippen molar-refractivity contribution in [2.24, 2.45) is 0 Å². The number of nitrogen functional groups attached to an aromatic ring is 1. The monoisotopic (exact) mass is 332 g/mol. The number of nitrogens with one attached hydrogen (secondary N) is 1. The Morgan fingerprint density at radius 2 is 1.83 bits per heavy atom. The van der Waals surface area contributed by atoms with E-state index in [1.165, 1.54) is 12.1 Å². The standard InChI is InChI=1S/C17H17ClN2O3/c1-10(2)23-17(22)13-9-11(7-8-14(13)18)20-16(21)12-5-3-4-6-15(12)19/h3-10H,19H2,1-2H3,(H,20,21). The van der Waals surface area contributed by atoms with Gasteiger partial charge in [-0.3, -0.25) is 4.79 Å². The fourth-order valence-electron chi connectivity index (χ4n) is 1.94. The Balaban J connectivity index is 2.23. The van der Waals surface area contributed by atoms with Crippen LogP contribution in [0.3, 0.4) is 0 Å². The molecular formula is C17H17ClN2O3. The second kappa shape index (κ2) is 7.15. The Morgan fingerprint density at radius 3 is 2.48 bits per heavy atom. The largest absolute Gasteiger partial charge is 0.459 e. The summed E-state index contributed by atoms with van der Waals surface area (Å²) < 4.78 is 5.12. The first-order chi connectivity index (χ1) is 10.9. The van der Waals surface area contributed by atoms with Crippen molar-refractivity contribution in [3.05, 3.63) is 58.6 Å². The topological polar surface area (TPSA) is 81.4 Å². The number of para-hydroxylation sites is 1. The first kappa shape index (κ1) is 16.8. The van der Waals surface area contributed by atoms with Crippen molar-refractivity contribution in [1.82, 2.24) is 0 Å². The summed E-state index contributed by atoms with van der Waals surface area (Å²) in [6, 6.07) is 11.3. The van der Waals surface area contributed by atoms with Gasteiger partial charge in [-0.2, -0.15) is 0 Å².